The van der Waals surface area contributed by atoms with E-state index in [4.69, 9.17) is 0 Å². The third-order valence-electron chi connectivity index (χ3n) is 4.92. The van der Waals surface area contributed by atoms with Crippen molar-refractivity contribution in [3.8, 4) is 0 Å². The summed E-state index contributed by atoms with van der Waals surface area (Å²) in [5.74, 6) is 1.62. The lowest BCUT2D eigenvalue weighted by Crippen LogP contribution is -2.58. The topological polar surface area (TPSA) is 49.3 Å². The molecule has 0 spiro atoms. The molecule has 2 aliphatic rings. The van der Waals surface area contributed by atoms with Gasteiger partial charge in [-0.3, -0.25) is 4.79 Å². The van der Waals surface area contributed by atoms with Crippen molar-refractivity contribution in [1.29, 1.82) is 0 Å². The summed E-state index contributed by atoms with van der Waals surface area (Å²) in [4.78, 5) is 12.2. The number of hydrogen-bond acceptors (Lipinski definition) is 2. The molecule has 2 fully saturated rings. The van der Waals surface area contributed by atoms with Gasteiger partial charge in [0.1, 0.15) is 0 Å². The lowest BCUT2D eigenvalue weighted by atomic mass is 9.86. The van der Waals surface area contributed by atoms with Crippen LogP contribution in [0.25, 0.3) is 0 Å². The number of amides is 1. The first-order valence-corrected chi connectivity index (χ1v) is 6.78. The molecule has 17 heavy (non-hydrogen) atoms. The predicted molar refractivity (Wildman–Crippen MR) is 67.5 cm³/mol. The third kappa shape index (κ3) is 2.35. The number of hydrogen-bond donors (Lipinski definition) is 2. The van der Waals surface area contributed by atoms with Crippen LogP contribution in [0.5, 0.6) is 0 Å². The van der Waals surface area contributed by atoms with Gasteiger partial charge in [-0.2, -0.15) is 0 Å². The number of carbonyl (C=O) groups is 1. The molecular formula is C14H25NO2. The van der Waals surface area contributed by atoms with E-state index in [1.807, 2.05) is 13.8 Å². The smallest absolute Gasteiger partial charge is 0.224 e. The molecule has 98 valence electrons. The minimum Gasteiger partial charge on any atom is -0.388 e. The fourth-order valence-corrected chi connectivity index (χ4v) is 2.93. The number of nitrogens with one attached hydrogen (secondary N) is 1. The number of rotatable bonds is 3. The highest BCUT2D eigenvalue weighted by Gasteiger charge is 2.55. The standard InChI is InChI=1S/C14H25NO2/c1-13(2,14(3,4)17)15-12(16)11-9-7-5-6-8-10(9)11/h9-11,17H,5-8H2,1-4H3,(H,15,16). The highest BCUT2D eigenvalue weighted by Crippen LogP contribution is 2.55. The van der Waals surface area contributed by atoms with E-state index < -0.39 is 11.1 Å². The SMILES string of the molecule is CC(C)(O)C(C)(C)NC(=O)C1C2CCCCC21. The molecule has 0 aliphatic heterocycles. The Morgan fingerprint density at radius 1 is 1.12 bits per heavy atom. The fraction of sp³-hybridized carbons (Fsp3) is 0.929. The second kappa shape index (κ2) is 3.98. The Bertz CT molecular complexity index is 305. The van der Waals surface area contributed by atoms with Crippen LogP contribution >= 0.6 is 0 Å². The maximum absolute atomic E-state index is 12.2. The molecule has 0 aromatic rings. The van der Waals surface area contributed by atoms with Crippen LogP contribution in [0.1, 0.15) is 53.4 Å². The Balaban J connectivity index is 1.94. The van der Waals surface area contributed by atoms with E-state index in [9.17, 15) is 9.90 Å². The third-order valence-corrected chi connectivity index (χ3v) is 4.92. The highest BCUT2D eigenvalue weighted by atomic mass is 16.3. The summed E-state index contributed by atoms with van der Waals surface area (Å²) in [6.45, 7) is 7.26. The van der Waals surface area contributed by atoms with Crippen LogP contribution in [0.4, 0.5) is 0 Å². The summed E-state index contributed by atoms with van der Waals surface area (Å²) in [7, 11) is 0. The van der Waals surface area contributed by atoms with Crippen molar-refractivity contribution in [3.63, 3.8) is 0 Å². The van der Waals surface area contributed by atoms with E-state index in [-0.39, 0.29) is 11.8 Å². The van der Waals surface area contributed by atoms with E-state index in [1.165, 1.54) is 25.7 Å². The largest absolute Gasteiger partial charge is 0.388 e. The van der Waals surface area contributed by atoms with Crippen molar-refractivity contribution in [2.24, 2.45) is 17.8 Å². The lowest BCUT2D eigenvalue weighted by Gasteiger charge is -2.38. The fourth-order valence-electron chi connectivity index (χ4n) is 2.93. The first-order valence-electron chi connectivity index (χ1n) is 6.78. The van der Waals surface area contributed by atoms with E-state index >= 15 is 0 Å². The van der Waals surface area contributed by atoms with Gasteiger partial charge in [0.25, 0.3) is 0 Å². The molecule has 0 bridgehead atoms. The molecule has 0 heterocycles. The molecule has 2 unspecified atom stereocenters. The number of aliphatic hydroxyl groups is 1. The molecule has 0 radical (unpaired) electrons. The van der Waals surface area contributed by atoms with Gasteiger partial charge >= 0.3 is 0 Å². The molecule has 2 aliphatic carbocycles. The van der Waals surface area contributed by atoms with Gasteiger partial charge in [0.2, 0.25) is 5.91 Å². The van der Waals surface area contributed by atoms with E-state index in [0.717, 1.165) is 0 Å². The van der Waals surface area contributed by atoms with E-state index in [1.54, 1.807) is 13.8 Å². The molecule has 3 nitrogen and oxygen atoms in total. The molecule has 2 rings (SSSR count). The predicted octanol–water partition coefficient (Wildman–Crippen LogP) is 2.09. The Labute approximate surface area is 104 Å². The second-order valence-corrected chi connectivity index (χ2v) is 6.81. The van der Waals surface area contributed by atoms with Crippen molar-refractivity contribution in [1.82, 2.24) is 5.32 Å². The number of fused-ring (bicyclic) bond motifs is 1. The second-order valence-electron chi connectivity index (χ2n) is 6.81. The van der Waals surface area contributed by atoms with Crippen molar-refractivity contribution < 1.29 is 9.90 Å². The summed E-state index contributed by atoms with van der Waals surface area (Å²) < 4.78 is 0. The first-order chi connectivity index (χ1) is 7.74. The Hall–Kier alpha value is -0.570. The summed E-state index contributed by atoms with van der Waals surface area (Å²) >= 11 is 0. The van der Waals surface area contributed by atoms with Gasteiger partial charge in [-0.05, 0) is 52.4 Å². The molecular weight excluding hydrogens is 214 g/mol. The molecule has 0 saturated heterocycles. The molecule has 1 amide bonds. The van der Waals surface area contributed by atoms with Gasteiger partial charge in [0, 0.05) is 5.92 Å². The average Bonchev–Trinajstić information content (AvgIpc) is 2.88. The van der Waals surface area contributed by atoms with Crippen molar-refractivity contribution in [2.75, 3.05) is 0 Å². The summed E-state index contributed by atoms with van der Waals surface area (Å²) in [5, 5.41) is 13.1. The highest BCUT2D eigenvalue weighted by molar-refractivity contribution is 5.83. The maximum Gasteiger partial charge on any atom is 0.224 e. The van der Waals surface area contributed by atoms with E-state index in [0.29, 0.717) is 11.8 Å². The van der Waals surface area contributed by atoms with Crippen molar-refractivity contribution in [3.05, 3.63) is 0 Å². The number of carbonyl (C=O) groups excluding carboxylic acids is 1. The summed E-state index contributed by atoms with van der Waals surface area (Å²) in [5.41, 5.74) is -1.47. The normalized spacial score (nSPS) is 32.9. The van der Waals surface area contributed by atoms with Crippen LogP contribution < -0.4 is 5.32 Å². The van der Waals surface area contributed by atoms with Crippen LogP contribution in [-0.4, -0.2) is 22.2 Å². The molecule has 2 saturated carbocycles. The van der Waals surface area contributed by atoms with Gasteiger partial charge < -0.3 is 10.4 Å². The van der Waals surface area contributed by atoms with Crippen LogP contribution in [0.15, 0.2) is 0 Å². The van der Waals surface area contributed by atoms with Crippen LogP contribution in [-0.2, 0) is 4.79 Å². The van der Waals surface area contributed by atoms with Crippen LogP contribution in [0.3, 0.4) is 0 Å². The Kier molecular flexibility index (Phi) is 3.01. The maximum atomic E-state index is 12.2. The zero-order chi connectivity index (χ0) is 12.8. The van der Waals surface area contributed by atoms with Gasteiger partial charge in [-0.25, -0.2) is 0 Å². The molecule has 3 heteroatoms. The quantitative estimate of drug-likeness (QED) is 0.792. The average molecular weight is 239 g/mol. The van der Waals surface area contributed by atoms with Gasteiger partial charge in [0.05, 0.1) is 11.1 Å². The van der Waals surface area contributed by atoms with Crippen molar-refractivity contribution in [2.45, 2.75) is 64.5 Å². The molecule has 0 aromatic carbocycles. The van der Waals surface area contributed by atoms with Crippen LogP contribution in [0, 0.1) is 17.8 Å². The zero-order valence-electron chi connectivity index (χ0n) is 11.4. The Morgan fingerprint density at radius 3 is 2.00 bits per heavy atom. The minimum absolute atomic E-state index is 0.147. The van der Waals surface area contributed by atoms with Crippen LogP contribution in [0.2, 0.25) is 0 Å². The molecule has 2 atom stereocenters. The van der Waals surface area contributed by atoms with Gasteiger partial charge in [0.15, 0.2) is 0 Å². The summed E-state index contributed by atoms with van der Waals surface area (Å²) in [6.07, 6.45) is 4.98. The minimum atomic E-state index is -0.900. The first kappa shape index (κ1) is 12.9. The van der Waals surface area contributed by atoms with Gasteiger partial charge in [-0.15, -0.1) is 0 Å². The molecule has 2 N–H and O–H groups in total. The monoisotopic (exact) mass is 239 g/mol. The lowest BCUT2D eigenvalue weighted by molar-refractivity contribution is -0.128. The zero-order valence-corrected chi connectivity index (χ0v) is 11.4. The molecule has 0 aromatic heterocycles. The Morgan fingerprint density at radius 2 is 1.59 bits per heavy atom. The van der Waals surface area contributed by atoms with E-state index in [2.05, 4.69) is 5.32 Å². The van der Waals surface area contributed by atoms with Gasteiger partial charge in [-0.1, -0.05) is 12.8 Å². The summed E-state index contributed by atoms with van der Waals surface area (Å²) in [6, 6.07) is 0. The van der Waals surface area contributed by atoms with Crippen molar-refractivity contribution >= 4 is 5.91 Å².